The summed E-state index contributed by atoms with van der Waals surface area (Å²) in [6, 6.07) is 6.02. The number of para-hydroxylation sites is 2. The first-order valence-electron chi connectivity index (χ1n) is 7.58. The first kappa shape index (κ1) is 19.2. The van der Waals surface area contributed by atoms with Gasteiger partial charge in [0.1, 0.15) is 6.10 Å². The lowest BCUT2D eigenvalue weighted by Crippen LogP contribution is -2.31. The van der Waals surface area contributed by atoms with Crippen molar-refractivity contribution in [3.8, 4) is 5.75 Å². The zero-order valence-electron chi connectivity index (χ0n) is 13.7. The lowest BCUT2D eigenvalue weighted by Gasteiger charge is -2.13. The largest absolute Gasteiger partial charge is 0.505 e. The summed E-state index contributed by atoms with van der Waals surface area (Å²) in [6.45, 7) is 0.822. The van der Waals surface area contributed by atoms with Crippen molar-refractivity contribution < 1.29 is 43.9 Å². The van der Waals surface area contributed by atoms with Crippen molar-refractivity contribution in [3.05, 3.63) is 35.8 Å². The van der Waals surface area contributed by atoms with Gasteiger partial charge in [-0.15, -0.1) is 0 Å². The molecule has 1 heterocycles. The SMILES string of the molecule is CCC(=O)Oc1ccccc1NC(=O)OC1=C(O)[C@@H]([C@@H](O)CO)OC1=O. The van der Waals surface area contributed by atoms with Gasteiger partial charge >= 0.3 is 18.0 Å². The molecule has 0 unspecified atom stereocenters. The third kappa shape index (κ3) is 4.29. The highest BCUT2D eigenvalue weighted by molar-refractivity contribution is 5.95. The zero-order chi connectivity index (χ0) is 19.3. The van der Waals surface area contributed by atoms with E-state index < -0.39 is 48.4 Å². The third-order valence-corrected chi connectivity index (χ3v) is 3.29. The summed E-state index contributed by atoms with van der Waals surface area (Å²) in [5, 5.41) is 30.4. The number of nitrogens with one attached hydrogen (secondary N) is 1. The first-order chi connectivity index (χ1) is 12.4. The molecule has 0 fully saturated rings. The molecule has 0 spiro atoms. The molecule has 0 bridgehead atoms. The summed E-state index contributed by atoms with van der Waals surface area (Å²) in [5.74, 6) is -3.27. The van der Waals surface area contributed by atoms with Crippen LogP contribution in [0.3, 0.4) is 0 Å². The number of rotatable bonds is 6. The van der Waals surface area contributed by atoms with Gasteiger partial charge in [-0.05, 0) is 12.1 Å². The molecule has 2 atom stereocenters. The van der Waals surface area contributed by atoms with Crippen LogP contribution in [0.15, 0.2) is 35.8 Å². The van der Waals surface area contributed by atoms with Gasteiger partial charge in [0.25, 0.3) is 5.76 Å². The molecule has 10 nitrogen and oxygen atoms in total. The third-order valence-electron chi connectivity index (χ3n) is 3.29. The highest BCUT2D eigenvalue weighted by Gasteiger charge is 2.41. The molecule has 1 aliphatic rings. The Morgan fingerprint density at radius 2 is 2.00 bits per heavy atom. The van der Waals surface area contributed by atoms with E-state index in [1.165, 1.54) is 12.1 Å². The fraction of sp³-hybridized carbons (Fsp3) is 0.312. The van der Waals surface area contributed by atoms with Crippen LogP contribution in [0, 0.1) is 0 Å². The number of hydrogen-bond acceptors (Lipinski definition) is 9. The van der Waals surface area contributed by atoms with Crippen molar-refractivity contribution in [1.29, 1.82) is 0 Å². The molecule has 140 valence electrons. The number of aliphatic hydroxyl groups excluding tert-OH is 3. The van der Waals surface area contributed by atoms with Crippen LogP contribution in [0.1, 0.15) is 13.3 Å². The predicted octanol–water partition coefficient (Wildman–Crippen LogP) is 0.599. The summed E-state index contributed by atoms with van der Waals surface area (Å²) < 4.78 is 14.4. The smallest absolute Gasteiger partial charge is 0.417 e. The van der Waals surface area contributed by atoms with E-state index in [9.17, 15) is 24.6 Å². The minimum absolute atomic E-state index is 0.0667. The maximum absolute atomic E-state index is 12.0. The normalized spacial score (nSPS) is 17.5. The molecular weight excluding hydrogens is 350 g/mol. The second-order valence-electron chi connectivity index (χ2n) is 5.13. The minimum atomic E-state index is -1.57. The van der Waals surface area contributed by atoms with E-state index >= 15 is 0 Å². The van der Waals surface area contributed by atoms with Crippen LogP contribution in [-0.2, 0) is 19.1 Å². The van der Waals surface area contributed by atoms with Crippen LogP contribution >= 0.6 is 0 Å². The van der Waals surface area contributed by atoms with E-state index in [1.54, 1.807) is 19.1 Å². The maximum atomic E-state index is 12.0. The number of esters is 2. The number of amides is 1. The van der Waals surface area contributed by atoms with Gasteiger partial charge in [0, 0.05) is 6.42 Å². The number of benzene rings is 1. The molecule has 0 saturated carbocycles. The van der Waals surface area contributed by atoms with Gasteiger partial charge in [0.15, 0.2) is 17.6 Å². The van der Waals surface area contributed by atoms with E-state index in [0.717, 1.165) is 0 Å². The second-order valence-corrected chi connectivity index (χ2v) is 5.13. The van der Waals surface area contributed by atoms with Gasteiger partial charge in [0.05, 0.1) is 12.3 Å². The molecule has 1 aliphatic heterocycles. The Labute approximate surface area is 147 Å². The summed E-state index contributed by atoms with van der Waals surface area (Å²) in [7, 11) is 0. The molecule has 2 rings (SSSR count). The Hall–Kier alpha value is -3.11. The summed E-state index contributed by atoms with van der Waals surface area (Å²) >= 11 is 0. The number of ether oxygens (including phenoxy) is 3. The average molecular weight is 367 g/mol. The molecule has 0 saturated heterocycles. The van der Waals surface area contributed by atoms with Crippen molar-refractivity contribution in [2.75, 3.05) is 11.9 Å². The molecular formula is C16H17NO9. The van der Waals surface area contributed by atoms with Gasteiger partial charge in [-0.3, -0.25) is 10.1 Å². The van der Waals surface area contributed by atoms with Crippen molar-refractivity contribution in [2.45, 2.75) is 25.6 Å². The van der Waals surface area contributed by atoms with E-state index in [2.05, 4.69) is 10.1 Å². The maximum Gasteiger partial charge on any atom is 0.417 e. The summed E-state index contributed by atoms with van der Waals surface area (Å²) in [5.41, 5.74) is 0.0951. The van der Waals surface area contributed by atoms with E-state index in [-0.39, 0.29) is 17.9 Å². The van der Waals surface area contributed by atoms with Crippen LogP contribution in [-0.4, -0.2) is 52.2 Å². The lowest BCUT2D eigenvalue weighted by molar-refractivity contribution is -0.147. The van der Waals surface area contributed by atoms with Crippen molar-refractivity contribution >= 4 is 23.7 Å². The quantitative estimate of drug-likeness (QED) is 0.418. The van der Waals surface area contributed by atoms with Crippen molar-refractivity contribution in [2.24, 2.45) is 0 Å². The minimum Gasteiger partial charge on any atom is -0.505 e. The number of carbonyl (C=O) groups excluding carboxylic acids is 3. The monoisotopic (exact) mass is 367 g/mol. The van der Waals surface area contributed by atoms with Gasteiger partial charge in [-0.1, -0.05) is 19.1 Å². The molecule has 1 amide bonds. The fourth-order valence-electron chi connectivity index (χ4n) is 1.99. The van der Waals surface area contributed by atoms with Crippen LogP contribution in [0.5, 0.6) is 5.75 Å². The van der Waals surface area contributed by atoms with Crippen molar-refractivity contribution in [1.82, 2.24) is 0 Å². The van der Waals surface area contributed by atoms with Crippen LogP contribution in [0.2, 0.25) is 0 Å². The van der Waals surface area contributed by atoms with Gasteiger partial charge in [0.2, 0.25) is 0 Å². The van der Waals surface area contributed by atoms with E-state index in [1.807, 2.05) is 0 Å². The van der Waals surface area contributed by atoms with Crippen molar-refractivity contribution in [3.63, 3.8) is 0 Å². The fourth-order valence-corrected chi connectivity index (χ4v) is 1.99. The molecule has 0 aliphatic carbocycles. The van der Waals surface area contributed by atoms with Crippen LogP contribution in [0.4, 0.5) is 10.5 Å². The standard InChI is InChI=1S/C16H17NO9/c1-2-11(20)24-10-6-4-3-5-8(10)17-16(23)26-14-12(21)13(9(19)7-18)25-15(14)22/h3-6,9,13,18-19,21H,2,7H2,1H3,(H,17,23)/t9-,13+/m0/s1. The van der Waals surface area contributed by atoms with E-state index in [0.29, 0.717) is 0 Å². The lowest BCUT2D eigenvalue weighted by atomic mass is 10.2. The van der Waals surface area contributed by atoms with Gasteiger partial charge < -0.3 is 29.5 Å². The molecule has 0 radical (unpaired) electrons. The average Bonchev–Trinajstić information content (AvgIpc) is 2.90. The van der Waals surface area contributed by atoms with Crippen LogP contribution in [0.25, 0.3) is 0 Å². The first-order valence-corrected chi connectivity index (χ1v) is 7.58. The number of carbonyl (C=O) groups is 3. The topological polar surface area (TPSA) is 152 Å². The highest BCUT2D eigenvalue weighted by Crippen LogP contribution is 2.27. The Morgan fingerprint density at radius 3 is 2.65 bits per heavy atom. The predicted molar refractivity (Wildman–Crippen MR) is 85.1 cm³/mol. The molecule has 0 aromatic heterocycles. The second kappa shape index (κ2) is 8.32. The van der Waals surface area contributed by atoms with E-state index in [4.69, 9.17) is 14.6 Å². The Balaban J connectivity index is 2.11. The summed E-state index contributed by atoms with van der Waals surface area (Å²) in [6.07, 6.45) is -4.15. The number of cyclic esters (lactones) is 1. The molecule has 10 heteroatoms. The zero-order valence-corrected chi connectivity index (χ0v) is 13.7. The molecule has 26 heavy (non-hydrogen) atoms. The number of hydrogen-bond donors (Lipinski definition) is 4. The summed E-state index contributed by atoms with van der Waals surface area (Å²) in [4.78, 5) is 35.0. The van der Waals surface area contributed by atoms with Gasteiger partial charge in [-0.2, -0.15) is 0 Å². The Kier molecular flexibility index (Phi) is 6.15. The molecule has 4 N–H and O–H groups in total. The number of aliphatic hydroxyl groups is 3. The van der Waals surface area contributed by atoms with Crippen LogP contribution < -0.4 is 10.1 Å². The molecule has 1 aromatic rings. The Morgan fingerprint density at radius 1 is 1.31 bits per heavy atom. The number of anilines is 1. The Bertz CT molecular complexity index is 743. The highest BCUT2D eigenvalue weighted by atomic mass is 16.6. The van der Waals surface area contributed by atoms with Gasteiger partial charge in [-0.25, -0.2) is 9.59 Å². The molecule has 1 aromatic carbocycles.